The monoisotopic (exact) mass is 443 g/mol. The van der Waals surface area contributed by atoms with Crippen LogP contribution in [0.2, 0.25) is 0 Å². The summed E-state index contributed by atoms with van der Waals surface area (Å²) in [6.45, 7) is 5.38. The number of fused-ring (bicyclic) bond motifs is 2. The molecule has 4 rings (SSSR count). The minimum atomic E-state index is -0.592. The summed E-state index contributed by atoms with van der Waals surface area (Å²) in [5.41, 5.74) is 2.22. The topological polar surface area (TPSA) is 74.4 Å². The lowest BCUT2D eigenvalue weighted by molar-refractivity contribution is 0.0912. The SMILES string of the molecule is CN(C)CCOc1ccc(C(C)(C)NC(=O)c2ccc3c(=O)c4ccccc4[nH]c3c2)cc1. The molecule has 4 aromatic rings. The zero-order valence-electron chi connectivity index (χ0n) is 19.4. The molecule has 0 atom stereocenters. The van der Waals surface area contributed by atoms with Crippen molar-refractivity contribution >= 4 is 27.7 Å². The molecule has 2 N–H and O–H groups in total. The molecule has 170 valence electrons. The van der Waals surface area contributed by atoms with Crippen LogP contribution in [0.5, 0.6) is 5.75 Å². The number of aromatic amines is 1. The van der Waals surface area contributed by atoms with Crippen molar-refractivity contribution in [1.82, 2.24) is 15.2 Å². The van der Waals surface area contributed by atoms with Gasteiger partial charge in [0.25, 0.3) is 5.91 Å². The Labute approximate surface area is 193 Å². The molecule has 0 saturated heterocycles. The molecular formula is C27H29N3O3. The molecule has 0 saturated carbocycles. The quantitative estimate of drug-likeness (QED) is 0.418. The molecule has 0 aliphatic rings. The van der Waals surface area contributed by atoms with Gasteiger partial charge in [0.15, 0.2) is 5.43 Å². The Morgan fingerprint density at radius 1 is 0.970 bits per heavy atom. The minimum Gasteiger partial charge on any atom is -0.492 e. The number of aromatic nitrogens is 1. The second-order valence-corrected chi connectivity index (χ2v) is 9.02. The van der Waals surface area contributed by atoms with Crippen LogP contribution >= 0.6 is 0 Å². The van der Waals surface area contributed by atoms with Gasteiger partial charge >= 0.3 is 0 Å². The maximum atomic E-state index is 13.1. The van der Waals surface area contributed by atoms with E-state index in [0.717, 1.165) is 23.4 Å². The lowest BCUT2D eigenvalue weighted by Gasteiger charge is -2.27. The number of H-pyrrole nitrogens is 1. The van der Waals surface area contributed by atoms with Gasteiger partial charge in [-0.1, -0.05) is 24.3 Å². The molecule has 0 unspecified atom stereocenters. The van der Waals surface area contributed by atoms with Gasteiger partial charge in [-0.05, 0) is 76.0 Å². The van der Waals surface area contributed by atoms with Gasteiger partial charge < -0.3 is 19.9 Å². The predicted molar refractivity (Wildman–Crippen MR) is 133 cm³/mol. The number of carbonyl (C=O) groups excluding carboxylic acids is 1. The van der Waals surface area contributed by atoms with Gasteiger partial charge in [0, 0.05) is 28.4 Å². The Morgan fingerprint density at radius 2 is 1.67 bits per heavy atom. The highest BCUT2D eigenvalue weighted by Gasteiger charge is 2.24. The van der Waals surface area contributed by atoms with Crippen molar-refractivity contribution in [3.63, 3.8) is 0 Å². The number of hydrogen-bond donors (Lipinski definition) is 2. The van der Waals surface area contributed by atoms with Crippen LogP contribution in [0.3, 0.4) is 0 Å². The Kier molecular flexibility index (Phi) is 6.20. The van der Waals surface area contributed by atoms with E-state index in [4.69, 9.17) is 4.74 Å². The van der Waals surface area contributed by atoms with Crippen LogP contribution in [0.1, 0.15) is 29.8 Å². The van der Waals surface area contributed by atoms with Crippen LogP contribution in [-0.4, -0.2) is 43.0 Å². The predicted octanol–water partition coefficient (Wildman–Crippen LogP) is 4.29. The maximum Gasteiger partial charge on any atom is 0.252 e. The standard InChI is InChI=1S/C27H29N3O3/c1-27(2,19-10-12-20(13-11-19)33-16-15-30(3)4)29-26(32)18-9-14-22-24(17-18)28-23-8-6-5-7-21(23)25(22)31/h5-14,17H,15-16H2,1-4H3,(H,28,31)(H,29,32). The summed E-state index contributed by atoms with van der Waals surface area (Å²) < 4.78 is 5.76. The molecule has 6 heteroatoms. The van der Waals surface area contributed by atoms with Gasteiger partial charge in [-0.2, -0.15) is 0 Å². The number of hydrogen-bond acceptors (Lipinski definition) is 4. The minimum absolute atomic E-state index is 0.0421. The van der Waals surface area contributed by atoms with Crippen molar-refractivity contribution in [3.05, 3.63) is 88.1 Å². The second-order valence-electron chi connectivity index (χ2n) is 9.02. The van der Waals surface area contributed by atoms with E-state index < -0.39 is 5.54 Å². The number of nitrogens with zero attached hydrogens (tertiary/aromatic N) is 1. The Balaban J connectivity index is 1.53. The third kappa shape index (κ3) is 4.91. The number of para-hydroxylation sites is 1. The van der Waals surface area contributed by atoms with Crippen LogP contribution in [-0.2, 0) is 5.54 Å². The zero-order valence-corrected chi connectivity index (χ0v) is 19.4. The van der Waals surface area contributed by atoms with E-state index in [1.165, 1.54) is 0 Å². The molecule has 6 nitrogen and oxygen atoms in total. The maximum absolute atomic E-state index is 13.1. The largest absolute Gasteiger partial charge is 0.492 e. The third-order valence-electron chi connectivity index (χ3n) is 5.78. The Morgan fingerprint density at radius 3 is 2.39 bits per heavy atom. The third-order valence-corrected chi connectivity index (χ3v) is 5.78. The van der Waals surface area contributed by atoms with Crippen molar-refractivity contribution in [2.24, 2.45) is 0 Å². The van der Waals surface area contributed by atoms with Gasteiger partial charge in [-0.25, -0.2) is 0 Å². The van der Waals surface area contributed by atoms with E-state index >= 15 is 0 Å². The molecule has 0 fully saturated rings. The van der Waals surface area contributed by atoms with Crippen LogP contribution in [0.15, 0.2) is 71.5 Å². The molecule has 0 spiro atoms. The number of rotatable bonds is 7. The first kappa shape index (κ1) is 22.6. The first-order valence-electron chi connectivity index (χ1n) is 11.0. The van der Waals surface area contributed by atoms with Crippen molar-refractivity contribution in [2.75, 3.05) is 27.2 Å². The number of nitrogens with one attached hydrogen (secondary N) is 2. The lowest BCUT2D eigenvalue weighted by atomic mass is 9.93. The van der Waals surface area contributed by atoms with Crippen LogP contribution < -0.4 is 15.5 Å². The average Bonchev–Trinajstić information content (AvgIpc) is 2.79. The Hall–Kier alpha value is -3.64. The molecule has 3 aromatic carbocycles. The molecule has 33 heavy (non-hydrogen) atoms. The molecule has 0 radical (unpaired) electrons. The number of carbonyl (C=O) groups is 1. The highest BCUT2D eigenvalue weighted by atomic mass is 16.5. The summed E-state index contributed by atoms with van der Waals surface area (Å²) in [5, 5.41) is 4.31. The summed E-state index contributed by atoms with van der Waals surface area (Å²) in [7, 11) is 4.01. The van der Waals surface area contributed by atoms with E-state index in [0.29, 0.717) is 28.5 Å². The molecule has 1 aromatic heterocycles. The average molecular weight is 444 g/mol. The van der Waals surface area contributed by atoms with Gasteiger partial charge in [0.05, 0.1) is 11.1 Å². The van der Waals surface area contributed by atoms with Crippen molar-refractivity contribution in [3.8, 4) is 5.75 Å². The Bertz CT molecular complexity index is 1350. The molecule has 1 amide bonds. The smallest absolute Gasteiger partial charge is 0.252 e. The van der Waals surface area contributed by atoms with Crippen molar-refractivity contribution in [1.29, 1.82) is 0 Å². The number of benzene rings is 3. The summed E-state index contributed by atoms with van der Waals surface area (Å²) in [6, 6.07) is 20.3. The van der Waals surface area contributed by atoms with E-state index in [2.05, 4.69) is 15.2 Å². The highest BCUT2D eigenvalue weighted by molar-refractivity contribution is 6.00. The number of amides is 1. The zero-order chi connectivity index (χ0) is 23.6. The molecular weight excluding hydrogens is 414 g/mol. The summed E-state index contributed by atoms with van der Waals surface area (Å²) in [5.74, 6) is 0.593. The van der Waals surface area contributed by atoms with Crippen LogP contribution in [0.25, 0.3) is 21.8 Å². The number of pyridine rings is 1. The number of ether oxygens (including phenoxy) is 1. The van der Waals surface area contributed by atoms with E-state index in [1.807, 2.05) is 70.4 Å². The van der Waals surface area contributed by atoms with Crippen LogP contribution in [0.4, 0.5) is 0 Å². The molecule has 1 heterocycles. The molecule has 0 bridgehead atoms. The normalized spacial score (nSPS) is 11.8. The van der Waals surface area contributed by atoms with E-state index in [9.17, 15) is 9.59 Å². The van der Waals surface area contributed by atoms with E-state index in [1.54, 1.807) is 24.3 Å². The summed E-state index contributed by atoms with van der Waals surface area (Å²) in [4.78, 5) is 31.2. The summed E-state index contributed by atoms with van der Waals surface area (Å²) >= 11 is 0. The number of likely N-dealkylation sites (N-methyl/N-ethyl adjacent to an activating group) is 1. The fourth-order valence-electron chi connectivity index (χ4n) is 3.81. The van der Waals surface area contributed by atoms with E-state index in [-0.39, 0.29) is 11.3 Å². The fourth-order valence-corrected chi connectivity index (χ4v) is 3.81. The van der Waals surface area contributed by atoms with Crippen molar-refractivity contribution in [2.45, 2.75) is 19.4 Å². The second kappa shape index (κ2) is 9.08. The molecule has 0 aliphatic heterocycles. The van der Waals surface area contributed by atoms with Crippen LogP contribution in [0, 0.1) is 0 Å². The van der Waals surface area contributed by atoms with Gasteiger partial charge in [-0.3, -0.25) is 9.59 Å². The lowest BCUT2D eigenvalue weighted by Crippen LogP contribution is -2.41. The summed E-state index contributed by atoms with van der Waals surface area (Å²) in [6.07, 6.45) is 0. The van der Waals surface area contributed by atoms with Crippen molar-refractivity contribution < 1.29 is 9.53 Å². The fraction of sp³-hybridized carbons (Fsp3) is 0.259. The first-order chi connectivity index (χ1) is 15.7. The van der Waals surface area contributed by atoms with Gasteiger partial charge in [-0.15, -0.1) is 0 Å². The molecule has 0 aliphatic carbocycles. The first-order valence-corrected chi connectivity index (χ1v) is 11.0. The highest BCUT2D eigenvalue weighted by Crippen LogP contribution is 2.24. The van der Waals surface area contributed by atoms with Gasteiger partial charge in [0.2, 0.25) is 0 Å². The van der Waals surface area contributed by atoms with Gasteiger partial charge in [0.1, 0.15) is 12.4 Å².